The zero-order valence-electron chi connectivity index (χ0n) is 14.2. The van der Waals surface area contributed by atoms with Gasteiger partial charge in [-0.2, -0.15) is 0 Å². The summed E-state index contributed by atoms with van der Waals surface area (Å²) in [5.74, 6) is 1.73. The number of halogens is 1. The van der Waals surface area contributed by atoms with Gasteiger partial charge in [-0.25, -0.2) is 0 Å². The van der Waals surface area contributed by atoms with Crippen LogP contribution in [0.5, 0.6) is 11.5 Å². The molecule has 3 aromatic rings. The van der Waals surface area contributed by atoms with E-state index < -0.39 is 0 Å². The molecule has 0 saturated carbocycles. The van der Waals surface area contributed by atoms with E-state index >= 15 is 0 Å². The van der Waals surface area contributed by atoms with E-state index in [2.05, 4.69) is 5.32 Å². The number of hydrogen-bond acceptors (Lipinski definition) is 4. The minimum Gasteiger partial charge on any atom is -0.493 e. The van der Waals surface area contributed by atoms with E-state index in [0.717, 1.165) is 5.56 Å². The molecule has 0 aliphatic heterocycles. The van der Waals surface area contributed by atoms with Gasteiger partial charge in [0, 0.05) is 5.56 Å². The lowest BCUT2D eigenvalue weighted by atomic mass is 10.2. The van der Waals surface area contributed by atoms with E-state index in [9.17, 15) is 4.79 Å². The third-order valence-corrected chi connectivity index (χ3v) is 4.01. The smallest absolute Gasteiger partial charge is 0.287 e. The van der Waals surface area contributed by atoms with Crippen LogP contribution in [-0.4, -0.2) is 26.2 Å². The third kappa shape index (κ3) is 4.18. The van der Waals surface area contributed by atoms with Crippen LogP contribution in [0.4, 0.5) is 0 Å². The van der Waals surface area contributed by atoms with Gasteiger partial charge in [-0.1, -0.05) is 35.9 Å². The average Bonchev–Trinajstić information content (AvgIpc) is 3.16. The lowest BCUT2D eigenvalue weighted by Crippen LogP contribution is -2.27. The van der Waals surface area contributed by atoms with E-state index in [1.165, 1.54) is 0 Å². The van der Waals surface area contributed by atoms with Gasteiger partial charge in [0.2, 0.25) is 0 Å². The molecule has 3 rings (SSSR count). The number of nitrogens with one attached hydrogen (secondary N) is 1. The van der Waals surface area contributed by atoms with Gasteiger partial charge >= 0.3 is 0 Å². The Kier molecular flexibility index (Phi) is 5.81. The molecular formula is C20H18ClNO4. The van der Waals surface area contributed by atoms with Crippen molar-refractivity contribution < 1.29 is 18.7 Å². The van der Waals surface area contributed by atoms with E-state index in [0.29, 0.717) is 35.4 Å². The molecule has 0 saturated heterocycles. The molecule has 1 heterocycles. The maximum atomic E-state index is 12.2. The molecule has 0 aliphatic rings. The van der Waals surface area contributed by atoms with Gasteiger partial charge in [0.1, 0.15) is 12.4 Å². The Morgan fingerprint density at radius 3 is 2.54 bits per heavy atom. The summed E-state index contributed by atoms with van der Waals surface area (Å²) >= 11 is 6.15. The summed E-state index contributed by atoms with van der Waals surface area (Å²) in [5, 5.41) is 3.32. The van der Waals surface area contributed by atoms with E-state index in [1.807, 2.05) is 42.5 Å². The monoisotopic (exact) mass is 371 g/mol. The van der Waals surface area contributed by atoms with Crippen LogP contribution in [0.15, 0.2) is 65.1 Å². The molecule has 0 fully saturated rings. The van der Waals surface area contributed by atoms with Crippen LogP contribution >= 0.6 is 11.6 Å². The second-order valence-corrected chi connectivity index (χ2v) is 5.81. The molecule has 0 unspecified atom stereocenters. The van der Waals surface area contributed by atoms with Crippen molar-refractivity contribution in [2.75, 3.05) is 20.3 Å². The number of carbonyl (C=O) groups is 1. The fraction of sp³-hybridized carbons (Fsp3) is 0.150. The van der Waals surface area contributed by atoms with Gasteiger partial charge in [-0.05, 0) is 36.4 Å². The second kappa shape index (κ2) is 8.45. The van der Waals surface area contributed by atoms with Gasteiger partial charge in [0.15, 0.2) is 17.3 Å². The predicted molar refractivity (Wildman–Crippen MR) is 100.0 cm³/mol. The zero-order valence-corrected chi connectivity index (χ0v) is 15.0. The first-order valence-electron chi connectivity index (χ1n) is 8.08. The standard InChI is InChI=1S/C20H18ClNO4/c1-24-17-8-4-5-9-18(17)25-13-12-22-20(23)19-11-10-16(26-19)14-6-2-3-7-15(14)21/h2-11H,12-13H2,1H3,(H,22,23). The number of carbonyl (C=O) groups excluding carboxylic acids is 1. The fourth-order valence-electron chi connectivity index (χ4n) is 2.42. The highest BCUT2D eigenvalue weighted by Gasteiger charge is 2.13. The van der Waals surface area contributed by atoms with Gasteiger partial charge in [0.25, 0.3) is 5.91 Å². The maximum absolute atomic E-state index is 12.2. The number of para-hydroxylation sites is 2. The predicted octanol–water partition coefficient (Wildman–Crippen LogP) is 4.42. The Bertz CT molecular complexity index is 891. The van der Waals surface area contributed by atoms with E-state index in [4.69, 9.17) is 25.5 Å². The van der Waals surface area contributed by atoms with Crippen molar-refractivity contribution in [1.29, 1.82) is 0 Å². The van der Waals surface area contributed by atoms with Crippen LogP contribution < -0.4 is 14.8 Å². The zero-order chi connectivity index (χ0) is 18.4. The van der Waals surface area contributed by atoms with Crippen molar-refractivity contribution in [2.45, 2.75) is 0 Å². The molecule has 0 atom stereocenters. The highest BCUT2D eigenvalue weighted by atomic mass is 35.5. The number of ether oxygens (including phenoxy) is 2. The quantitative estimate of drug-likeness (QED) is 0.624. The van der Waals surface area contributed by atoms with Crippen molar-refractivity contribution in [2.24, 2.45) is 0 Å². The third-order valence-electron chi connectivity index (χ3n) is 3.68. The Hall–Kier alpha value is -2.92. The number of amides is 1. The summed E-state index contributed by atoms with van der Waals surface area (Å²) in [4.78, 5) is 12.2. The van der Waals surface area contributed by atoms with Crippen molar-refractivity contribution in [3.8, 4) is 22.8 Å². The van der Waals surface area contributed by atoms with Gasteiger partial charge < -0.3 is 19.2 Å². The SMILES string of the molecule is COc1ccccc1OCCNC(=O)c1ccc(-c2ccccc2Cl)o1. The van der Waals surface area contributed by atoms with Crippen LogP contribution in [0.25, 0.3) is 11.3 Å². The number of benzene rings is 2. The van der Waals surface area contributed by atoms with Gasteiger partial charge in [-0.15, -0.1) is 0 Å². The highest BCUT2D eigenvalue weighted by molar-refractivity contribution is 6.33. The van der Waals surface area contributed by atoms with Crippen molar-refractivity contribution in [3.05, 3.63) is 71.4 Å². The number of methoxy groups -OCH3 is 1. The van der Waals surface area contributed by atoms with Crippen LogP contribution in [0.1, 0.15) is 10.6 Å². The van der Waals surface area contributed by atoms with Crippen molar-refractivity contribution in [3.63, 3.8) is 0 Å². The van der Waals surface area contributed by atoms with E-state index in [1.54, 1.807) is 25.3 Å². The largest absolute Gasteiger partial charge is 0.493 e. The van der Waals surface area contributed by atoms with Crippen LogP contribution in [0, 0.1) is 0 Å². The summed E-state index contributed by atoms with van der Waals surface area (Å²) in [6.45, 7) is 0.642. The Morgan fingerprint density at radius 2 is 1.77 bits per heavy atom. The molecule has 0 aliphatic carbocycles. The normalized spacial score (nSPS) is 10.4. The first-order valence-corrected chi connectivity index (χ1v) is 8.45. The van der Waals surface area contributed by atoms with Gasteiger partial charge in [-0.3, -0.25) is 4.79 Å². The molecule has 6 heteroatoms. The fourth-order valence-corrected chi connectivity index (χ4v) is 2.65. The van der Waals surface area contributed by atoms with E-state index in [-0.39, 0.29) is 11.7 Å². The van der Waals surface area contributed by atoms with Crippen LogP contribution in [0.3, 0.4) is 0 Å². The van der Waals surface area contributed by atoms with Crippen molar-refractivity contribution >= 4 is 17.5 Å². The highest BCUT2D eigenvalue weighted by Crippen LogP contribution is 2.29. The number of furan rings is 1. The molecule has 1 amide bonds. The number of hydrogen-bond donors (Lipinski definition) is 1. The molecule has 0 radical (unpaired) electrons. The number of rotatable bonds is 7. The minimum atomic E-state index is -0.313. The summed E-state index contributed by atoms with van der Waals surface area (Å²) in [5.41, 5.74) is 0.743. The first kappa shape index (κ1) is 17.9. The van der Waals surface area contributed by atoms with Gasteiger partial charge in [0.05, 0.1) is 18.7 Å². The lowest BCUT2D eigenvalue weighted by molar-refractivity contribution is 0.0920. The molecule has 134 valence electrons. The molecule has 0 bridgehead atoms. The summed E-state index contributed by atoms with van der Waals surface area (Å²) in [6, 6.07) is 18.0. The molecule has 1 aromatic heterocycles. The maximum Gasteiger partial charge on any atom is 0.287 e. The summed E-state index contributed by atoms with van der Waals surface area (Å²) in [6.07, 6.45) is 0. The second-order valence-electron chi connectivity index (χ2n) is 5.40. The summed E-state index contributed by atoms with van der Waals surface area (Å²) in [7, 11) is 1.58. The van der Waals surface area contributed by atoms with Crippen molar-refractivity contribution in [1.82, 2.24) is 5.32 Å². The Morgan fingerprint density at radius 1 is 1.04 bits per heavy atom. The topological polar surface area (TPSA) is 60.7 Å². The molecule has 5 nitrogen and oxygen atoms in total. The van der Waals surface area contributed by atoms with Crippen LogP contribution in [0.2, 0.25) is 5.02 Å². The lowest BCUT2D eigenvalue weighted by Gasteiger charge is -2.10. The average molecular weight is 372 g/mol. The Labute approximate surface area is 156 Å². The molecule has 2 aromatic carbocycles. The van der Waals surface area contributed by atoms with Crippen LogP contribution in [-0.2, 0) is 0 Å². The molecule has 1 N–H and O–H groups in total. The minimum absolute atomic E-state index is 0.220. The first-order chi connectivity index (χ1) is 12.7. The summed E-state index contributed by atoms with van der Waals surface area (Å²) < 4.78 is 16.4. The molecular weight excluding hydrogens is 354 g/mol. The molecule has 0 spiro atoms. The Balaban J connectivity index is 1.54. The molecule has 26 heavy (non-hydrogen) atoms.